The van der Waals surface area contributed by atoms with E-state index in [1.807, 2.05) is 13.0 Å². The van der Waals surface area contributed by atoms with Gasteiger partial charge in [-0.1, -0.05) is 12.1 Å². The summed E-state index contributed by atoms with van der Waals surface area (Å²) in [6, 6.07) is 4.04. The predicted octanol–water partition coefficient (Wildman–Crippen LogP) is 1.61. The molecule has 0 radical (unpaired) electrons. The van der Waals surface area contributed by atoms with E-state index in [9.17, 15) is 0 Å². The van der Waals surface area contributed by atoms with Gasteiger partial charge in [0, 0.05) is 6.04 Å². The molecule has 1 heterocycles. The first-order chi connectivity index (χ1) is 6.70. The van der Waals surface area contributed by atoms with Gasteiger partial charge >= 0.3 is 0 Å². The number of anilines is 1. The molecule has 1 atom stereocenters. The molecule has 0 amide bonds. The van der Waals surface area contributed by atoms with E-state index in [2.05, 4.69) is 6.07 Å². The number of fused-ring (bicyclic) bond motifs is 1. The number of hydrogen-bond acceptors (Lipinski definition) is 3. The van der Waals surface area contributed by atoms with E-state index in [1.165, 1.54) is 5.56 Å². The number of rotatable bonds is 1. The molecule has 14 heavy (non-hydrogen) atoms. The number of nitrogens with two attached hydrogens (primary N) is 2. The molecular weight excluding hydrogens is 176 g/mol. The Morgan fingerprint density at radius 1 is 1.43 bits per heavy atom. The SMILES string of the molecule is CC(N)c1ccc2c(c1N)OCCC2. The molecule has 0 saturated carbocycles. The molecule has 1 unspecified atom stereocenters. The number of nitrogen functional groups attached to an aromatic ring is 1. The van der Waals surface area contributed by atoms with E-state index in [-0.39, 0.29) is 6.04 Å². The molecule has 0 bridgehead atoms. The van der Waals surface area contributed by atoms with Gasteiger partial charge in [0.05, 0.1) is 12.3 Å². The Bertz CT molecular complexity index is 347. The summed E-state index contributed by atoms with van der Waals surface area (Å²) in [6.07, 6.45) is 2.13. The third-order valence-corrected chi connectivity index (χ3v) is 2.64. The summed E-state index contributed by atoms with van der Waals surface area (Å²) in [5.41, 5.74) is 14.7. The van der Waals surface area contributed by atoms with Gasteiger partial charge in [-0.25, -0.2) is 0 Å². The summed E-state index contributed by atoms with van der Waals surface area (Å²) in [6.45, 7) is 2.69. The van der Waals surface area contributed by atoms with Crippen LogP contribution in [0.3, 0.4) is 0 Å². The predicted molar refractivity (Wildman–Crippen MR) is 57.3 cm³/mol. The molecule has 0 spiro atoms. The van der Waals surface area contributed by atoms with Gasteiger partial charge in [0.2, 0.25) is 0 Å². The van der Waals surface area contributed by atoms with Crippen LogP contribution in [-0.4, -0.2) is 6.61 Å². The van der Waals surface area contributed by atoms with Crippen LogP contribution in [0.25, 0.3) is 0 Å². The minimum atomic E-state index is -0.0363. The van der Waals surface area contributed by atoms with E-state index in [0.717, 1.165) is 36.4 Å². The van der Waals surface area contributed by atoms with E-state index in [1.54, 1.807) is 0 Å². The van der Waals surface area contributed by atoms with Crippen molar-refractivity contribution in [2.75, 3.05) is 12.3 Å². The highest BCUT2D eigenvalue weighted by molar-refractivity contribution is 5.63. The van der Waals surface area contributed by atoms with Crippen molar-refractivity contribution in [3.8, 4) is 5.75 Å². The van der Waals surface area contributed by atoms with Gasteiger partial charge in [0.1, 0.15) is 5.75 Å². The molecule has 3 heteroatoms. The fourth-order valence-corrected chi connectivity index (χ4v) is 1.86. The van der Waals surface area contributed by atoms with Crippen molar-refractivity contribution in [1.82, 2.24) is 0 Å². The van der Waals surface area contributed by atoms with Gasteiger partial charge < -0.3 is 16.2 Å². The number of ether oxygens (including phenoxy) is 1. The van der Waals surface area contributed by atoms with Crippen LogP contribution in [0.2, 0.25) is 0 Å². The van der Waals surface area contributed by atoms with Gasteiger partial charge in [-0.15, -0.1) is 0 Å². The lowest BCUT2D eigenvalue weighted by Gasteiger charge is -2.21. The Balaban J connectivity index is 2.49. The lowest BCUT2D eigenvalue weighted by molar-refractivity contribution is 0.289. The number of hydrogen-bond donors (Lipinski definition) is 2. The minimum Gasteiger partial charge on any atom is -0.491 e. The summed E-state index contributed by atoms with van der Waals surface area (Å²) in [4.78, 5) is 0. The molecule has 1 aromatic carbocycles. The summed E-state index contributed by atoms with van der Waals surface area (Å²) in [5, 5.41) is 0. The van der Waals surface area contributed by atoms with Crippen LogP contribution in [0.5, 0.6) is 5.75 Å². The molecule has 1 aliphatic heterocycles. The van der Waals surface area contributed by atoms with Crippen LogP contribution in [-0.2, 0) is 6.42 Å². The van der Waals surface area contributed by atoms with Crippen LogP contribution in [0.4, 0.5) is 5.69 Å². The Hall–Kier alpha value is -1.22. The van der Waals surface area contributed by atoms with Gasteiger partial charge in [-0.2, -0.15) is 0 Å². The van der Waals surface area contributed by atoms with E-state index in [0.29, 0.717) is 0 Å². The van der Waals surface area contributed by atoms with Crippen molar-refractivity contribution < 1.29 is 4.74 Å². The standard InChI is InChI=1S/C11H16N2O/c1-7(12)9-5-4-8-3-2-6-14-11(8)10(9)13/h4-5,7H,2-3,6,12-13H2,1H3. The highest BCUT2D eigenvalue weighted by Gasteiger charge is 2.17. The zero-order valence-electron chi connectivity index (χ0n) is 8.42. The fourth-order valence-electron chi connectivity index (χ4n) is 1.86. The maximum Gasteiger partial charge on any atom is 0.145 e. The lowest BCUT2D eigenvalue weighted by Crippen LogP contribution is -2.14. The molecule has 1 aromatic rings. The van der Waals surface area contributed by atoms with Crippen LogP contribution < -0.4 is 16.2 Å². The van der Waals surface area contributed by atoms with Crippen molar-refractivity contribution in [3.63, 3.8) is 0 Å². The average Bonchev–Trinajstić information content (AvgIpc) is 2.18. The van der Waals surface area contributed by atoms with Crippen LogP contribution in [0, 0.1) is 0 Å². The van der Waals surface area contributed by atoms with Crippen LogP contribution in [0.15, 0.2) is 12.1 Å². The second-order valence-corrected chi connectivity index (χ2v) is 3.80. The quantitative estimate of drug-likeness (QED) is 0.664. The highest BCUT2D eigenvalue weighted by Crippen LogP contribution is 2.35. The Morgan fingerprint density at radius 2 is 2.21 bits per heavy atom. The molecule has 4 N–H and O–H groups in total. The normalized spacial score (nSPS) is 17.0. The van der Waals surface area contributed by atoms with Gasteiger partial charge in [0.25, 0.3) is 0 Å². The molecule has 0 saturated heterocycles. The molecular formula is C11H16N2O. The topological polar surface area (TPSA) is 61.3 Å². The molecule has 76 valence electrons. The van der Waals surface area contributed by atoms with Gasteiger partial charge in [-0.05, 0) is 30.9 Å². The minimum absolute atomic E-state index is 0.0363. The molecule has 0 fully saturated rings. The summed E-state index contributed by atoms with van der Waals surface area (Å²) in [5.74, 6) is 0.853. The molecule has 1 aliphatic rings. The van der Waals surface area contributed by atoms with Gasteiger partial charge in [0.15, 0.2) is 0 Å². The zero-order valence-corrected chi connectivity index (χ0v) is 8.42. The summed E-state index contributed by atoms with van der Waals surface area (Å²) in [7, 11) is 0. The Kier molecular flexibility index (Phi) is 2.33. The monoisotopic (exact) mass is 192 g/mol. The second kappa shape index (κ2) is 3.50. The average molecular weight is 192 g/mol. The van der Waals surface area contributed by atoms with Crippen molar-refractivity contribution >= 4 is 5.69 Å². The van der Waals surface area contributed by atoms with Crippen molar-refractivity contribution in [1.29, 1.82) is 0 Å². The van der Waals surface area contributed by atoms with E-state index in [4.69, 9.17) is 16.2 Å². The van der Waals surface area contributed by atoms with Crippen LogP contribution >= 0.6 is 0 Å². The zero-order chi connectivity index (χ0) is 10.1. The Morgan fingerprint density at radius 3 is 2.93 bits per heavy atom. The van der Waals surface area contributed by atoms with E-state index >= 15 is 0 Å². The molecule has 3 nitrogen and oxygen atoms in total. The molecule has 0 aliphatic carbocycles. The van der Waals surface area contributed by atoms with E-state index < -0.39 is 0 Å². The first-order valence-electron chi connectivity index (χ1n) is 5.00. The summed E-state index contributed by atoms with van der Waals surface area (Å²) >= 11 is 0. The first-order valence-corrected chi connectivity index (χ1v) is 5.00. The van der Waals surface area contributed by atoms with Gasteiger partial charge in [-0.3, -0.25) is 0 Å². The molecule has 0 aromatic heterocycles. The smallest absolute Gasteiger partial charge is 0.145 e. The fraction of sp³-hybridized carbons (Fsp3) is 0.455. The van der Waals surface area contributed by atoms with Crippen molar-refractivity contribution in [3.05, 3.63) is 23.3 Å². The first kappa shape index (κ1) is 9.34. The third kappa shape index (κ3) is 1.44. The van der Waals surface area contributed by atoms with Crippen molar-refractivity contribution in [2.45, 2.75) is 25.8 Å². The molecule has 2 rings (SSSR count). The summed E-state index contributed by atoms with van der Waals surface area (Å²) < 4.78 is 5.56. The highest BCUT2D eigenvalue weighted by atomic mass is 16.5. The number of benzene rings is 1. The van der Waals surface area contributed by atoms with Crippen molar-refractivity contribution in [2.24, 2.45) is 5.73 Å². The Labute approximate surface area is 84.0 Å². The second-order valence-electron chi connectivity index (χ2n) is 3.80. The number of aryl methyl sites for hydroxylation is 1. The lowest BCUT2D eigenvalue weighted by atomic mass is 9.99. The largest absolute Gasteiger partial charge is 0.491 e. The maximum atomic E-state index is 6.00. The maximum absolute atomic E-state index is 6.00. The van der Waals surface area contributed by atoms with Crippen LogP contribution in [0.1, 0.15) is 30.5 Å². The third-order valence-electron chi connectivity index (χ3n) is 2.64.